The van der Waals surface area contributed by atoms with Crippen LogP contribution in [0.3, 0.4) is 0 Å². The molecule has 1 aromatic carbocycles. The Morgan fingerprint density at radius 2 is 1.91 bits per heavy atom. The standard InChI is InChI=1S/C17H14N4O2/c1-2-7-20-16(22)13-8-14(11-19-10-13)17(23)21-15-6-4-3-5-12(15)9-18/h2-6,8,10-11H,1,7H2,(H,20,22)(H,21,23). The summed E-state index contributed by atoms with van der Waals surface area (Å²) in [6.07, 6.45) is 4.29. The highest BCUT2D eigenvalue weighted by molar-refractivity contribution is 6.06. The van der Waals surface area contributed by atoms with Crippen LogP contribution in [0.25, 0.3) is 0 Å². The Hall–Kier alpha value is -3.46. The molecule has 2 amide bonds. The van der Waals surface area contributed by atoms with Crippen LogP contribution in [0.5, 0.6) is 0 Å². The Morgan fingerprint density at radius 1 is 1.22 bits per heavy atom. The summed E-state index contributed by atoms with van der Waals surface area (Å²) in [7, 11) is 0. The molecule has 2 N–H and O–H groups in total. The lowest BCUT2D eigenvalue weighted by Gasteiger charge is -2.08. The number of rotatable bonds is 5. The van der Waals surface area contributed by atoms with Crippen molar-refractivity contribution in [1.29, 1.82) is 5.26 Å². The monoisotopic (exact) mass is 306 g/mol. The lowest BCUT2D eigenvalue weighted by Crippen LogP contribution is -2.24. The summed E-state index contributed by atoms with van der Waals surface area (Å²) < 4.78 is 0. The number of pyridine rings is 1. The van der Waals surface area contributed by atoms with E-state index in [2.05, 4.69) is 22.2 Å². The highest BCUT2D eigenvalue weighted by Gasteiger charge is 2.12. The zero-order valence-electron chi connectivity index (χ0n) is 12.2. The van der Waals surface area contributed by atoms with Gasteiger partial charge in [0.15, 0.2) is 0 Å². The van der Waals surface area contributed by atoms with Crippen molar-refractivity contribution in [3.8, 4) is 6.07 Å². The first-order valence-corrected chi connectivity index (χ1v) is 6.80. The second kappa shape index (κ2) is 7.52. The van der Waals surface area contributed by atoms with Crippen molar-refractivity contribution in [3.63, 3.8) is 0 Å². The quantitative estimate of drug-likeness (QED) is 0.827. The summed E-state index contributed by atoms with van der Waals surface area (Å²) in [5.41, 5.74) is 1.26. The molecule has 0 saturated heterocycles. The molecule has 0 radical (unpaired) electrons. The molecule has 0 aliphatic carbocycles. The second-order valence-corrected chi connectivity index (χ2v) is 4.57. The largest absolute Gasteiger partial charge is 0.349 e. The molecule has 0 aliphatic heterocycles. The molecule has 6 heteroatoms. The third kappa shape index (κ3) is 4.02. The van der Waals surface area contributed by atoms with E-state index in [0.717, 1.165) is 0 Å². The van der Waals surface area contributed by atoms with Crippen molar-refractivity contribution in [2.45, 2.75) is 0 Å². The Bertz CT molecular complexity index is 793. The predicted octanol–water partition coefficient (Wildman–Crippen LogP) is 2.12. The van der Waals surface area contributed by atoms with Crippen molar-refractivity contribution in [1.82, 2.24) is 10.3 Å². The molecule has 2 rings (SSSR count). The maximum Gasteiger partial charge on any atom is 0.257 e. The van der Waals surface area contributed by atoms with Gasteiger partial charge in [-0.05, 0) is 18.2 Å². The fourth-order valence-electron chi connectivity index (χ4n) is 1.84. The minimum atomic E-state index is -0.446. The maximum atomic E-state index is 12.3. The van der Waals surface area contributed by atoms with Crippen LogP contribution in [0.2, 0.25) is 0 Å². The van der Waals surface area contributed by atoms with E-state index in [0.29, 0.717) is 17.8 Å². The molecule has 0 fully saturated rings. The number of carbonyl (C=O) groups is 2. The van der Waals surface area contributed by atoms with Crippen molar-refractivity contribution < 1.29 is 9.59 Å². The lowest BCUT2D eigenvalue weighted by molar-refractivity contribution is 0.0957. The number of nitrogens with zero attached hydrogens (tertiary/aromatic N) is 2. The van der Waals surface area contributed by atoms with E-state index < -0.39 is 5.91 Å². The number of anilines is 1. The Balaban J connectivity index is 2.18. The molecular weight excluding hydrogens is 292 g/mol. The van der Waals surface area contributed by atoms with E-state index >= 15 is 0 Å². The molecule has 23 heavy (non-hydrogen) atoms. The predicted molar refractivity (Wildman–Crippen MR) is 85.9 cm³/mol. The van der Waals surface area contributed by atoms with E-state index in [1.165, 1.54) is 18.5 Å². The molecule has 0 unspecified atom stereocenters. The number of carbonyl (C=O) groups excluding carboxylic acids is 2. The van der Waals surface area contributed by atoms with E-state index in [9.17, 15) is 9.59 Å². The topological polar surface area (TPSA) is 94.9 Å². The van der Waals surface area contributed by atoms with Crippen molar-refractivity contribution >= 4 is 17.5 Å². The zero-order chi connectivity index (χ0) is 16.7. The van der Waals surface area contributed by atoms with Crippen LogP contribution in [-0.4, -0.2) is 23.3 Å². The highest BCUT2D eigenvalue weighted by atomic mass is 16.2. The fraction of sp³-hybridized carbons (Fsp3) is 0.0588. The van der Waals surface area contributed by atoms with Gasteiger partial charge in [-0.25, -0.2) is 0 Å². The van der Waals surface area contributed by atoms with E-state index in [-0.39, 0.29) is 17.0 Å². The molecule has 0 spiro atoms. The van der Waals surface area contributed by atoms with Crippen molar-refractivity contribution in [2.24, 2.45) is 0 Å². The number of nitriles is 1. The van der Waals surface area contributed by atoms with Gasteiger partial charge < -0.3 is 10.6 Å². The van der Waals surface area contributed by atoms with Crippen LogP contribution < -0.4 is 10.6 Å². The summed E-state index contributed by atoms with van der Waals surface area (Å²) in [5, 5.41) is 14.3. The molecule has 2 aromatic rings. The Labute approximate surface area is 133 Å². The summed E-state index contributed by atoms with van der Waals surface area (Å²) in [6.45, 7) is 3.84. The smallest absolute Gasteiger partial charge is 0.257 e. The molecule has 0 saturated carbocycles. The molecular formula is C17H14N4O2. The van der Waals surface area contributed by atoms with Crippen LogP contribution in [0, 0.1) is 11.3 Å². The molecule has 6 nitrogen and oxygen atoms in total. The summed E-state index contributed by atoms with van der Waals surface area (Å²) in [5.74, 6) is -0.789. The number of amides is 2. The van der Waals surface area contributed by atoms with Gasteiger partial charge in [-0.1, -0.05) is 18.2 Å². The van der Waals surface area contributed by atoms with Gasteiger partial charge in [0.1, 0.15) is 6.07 Å². The first-order chi connectivity index (χ1) is 11.2. The highest BCUT2D eigenvalue weighted by Crippen LogP contribution is 2.15. The third-order valence-electron chi connectivity index (χ3n) is 2.97. The van der Waals surface area contributed by atoms with E-state index in [1.807, 2.05) is 6.07 Å². The Morgan fingerprint density at radius 3 is 2.61 bits per heavy atom. The number of para-hydroxylation sites is 1. The Kier molecular flexibility index (Phi) is 5.21. The van der Waals surface area contributed by atoms with Crippen LogP contribution in [0.4, 0.5) is 5.69 Å². The van der Waals surface area contributed by atoms with E-state index in [4.69, 9.17) is 5.26 Å². The third-order valence-corrected chi connectivity index (χ3v) is 2.97. The number of benzene rings is 1. The molecule has 0 aliphatic rings. The average molecular weight is 306 g/mol. The van der Waals surface area contributed by atoms with Gasteiger partial charge in [-0.3, -0.25) is 14.6 Å². The number of nitrogens with one attached hydrogen (secondary N) is 2. The summed E-state index contributed by atoms with van der Waals surface area (Å²) >= 11 is 0. The van der Waals surface area contributed by atoms with Crippen LogP contribution >= 0.6 is 0 Å². The van der Waals surface area contributed by atoms with Crippen molar-refractivity contribution in [2.75, 3.05) is 11.9 Å². The molecule has 114 valence electrons. The molecule has 1 heterocycles. The molecule has 1 aromatic heterocycles. The number of hydrogen-bond donors (Lipinski definition) is 2. The fourth-order valence-corrected chi connectivity index (χ4v) is 1.84. The van der Waals surface area contributed by atoms with Gasteiger partial charge in [0, 0.05) is 18.9 Å². The average Bonchev–Trinajstić information content (AvgIpc) is 2.60. The summed E-state index contributed by atoms with van der Waals surface area (Å²) in [4.78, 5) is 28.0. The van der Waals surface area contributed by atoms with Gasteiger partial charge in [-0.15, -0.1) is 6.58 Å². The first-order valence-electron chi connectivity index (χ1n) is 6.80. The van der Waals surface area contributed by atoms with Gasteiger partial charge in [0.2, 0.25) is 0 Å². The minimum Gasteiger partial charge on any atom is -0.349 e. The van der Waals surface area contributed by atoms with Gasteiger partial charge in [0.25, 0.3) is 11.8 Å². The normalized spacial score (nSPS) is 9.52. The maximum absolute atomic E-state index is 12.3. The van der Waals surface area contributed by atoms with Crippen molar-refractivity contribution in [3.05, 3.63) is 72.1 Å². The number of hydrogen-bond acceptors (Lipinski definition) is 4. The van der Waals surface area contributed by atoms with Gasteiger partial charge in [0.05, 0.1) is 22.4 Å². The molecule has 0 atom stereocenters. The zero-order valence-corrected chi connectivity index (χ0v) is 12.2. The van der Waals surface area contributed by atoms with Gasteiger partial charge in [-0.2, -0.15) is 5.26 Å². The number of aromatic nitrogens is 1. The van der Waals surface area contributed by atoms with E-state index in [1.54, 1.807) is 30.3 Å². The molecule has 0 bridgehead atoms. The van der Waals surface area contributed by atoms with Gasteiger partial charge >= 0.3 is 0 Å². The lowest BCUT2D eigenvalue weighted by atomic mass is 10.1. The minimum absolute atomic E-state index is 0.226. The first kappa shape index (κ1) is 15.9. The van der Waals surface area contributed by atoms with Crippen LogP contribution in [0.1, 0.15) is 26.3 Å². The summed E-state index contributed by atoms with van der Waals surface area (Å²) in [6, 6.07) is 10.1. The van der Waals surface area contributed by atoms with Crippen LogP contribution in [-0.2, 0) is 0 Å². The SMILES string of the molecule is C=CCNC(=O)c1cncc(C(=O)Nc2ccccc2C#N)c1. The second-order valence-electron chi connectivity index (χ2n) is 4.57. The van der Waals surface area contributed by atoms with Crippen LogP contribution in [0.15, 0.2) is 55.4 Å².